The Hall–Kier alpha value is -1.15. The van der Waals surface area contributed by atoms with Crippen LogP contribution in [0.25, 0.3) is 0 Å². The second kappa shape index (κ2) is 9.73. The van der Waals surface area contributed by atoms with Crippen molar-refractivity contribution in [3.05, 3.63) is 29.3 Å². The van der Waals surface area contributed by atoms with Gasteiger partial charge in [0.25, 0.3) is 0 Å². The molecule has 0 bridgehead atoms. The molecular weight excluding hydrogens is 282 g/mol. The zero-order chi connectivity index (χ0) is 15.7. The van der Waals surface area contributed by atoms with Crippen molar-refractivity contribution in [1.29, 1.82) is 0 Å². The van der Waals surface area contributed by atoms with E-state index in [-0.39, 0.29) is 6.61 Å². The second-order valence-electron chi connectivity index (χ2n) is 5.02. The molecular formula is C17H25NO2S. The molecule has 0 radical (unpaired) electrons. The maximum absolute atomic E-state index is 8.78. The highest BCUT2D eigenvalue weighted by molar-refractivity contribution is 7.98. The van der Waals surface area contributed by atoms with Gasteiger partial charge < -0.3 is 9.84 Å². The maximum Gasteiger partial charge on any atom is 0.123 e. The van der Waals surface area contributed by atoms with Crippen LogP contribution in [-0.2, 0) is 6.54 Å². The van der Waals surface area contributed by atoms with Crippen LogP contribution in [-0.4, -0.2) is 48.8 Å². The minimum Gasteiger partial charge on any atom is -0.496 e. The number of methoxy groups -OCH3 is 1. The molecule has 0 aliphatic heterocycles. The molecule has 0 spiro atoms. The first-order chi connectivity index (χ1) is 10.1. The van der Waals surface area contributed by atoms with Gasteiger partial charge in [0, 0.05) is 35.9 Å². The van der Waals surface area contributed by atoms with E-state index in [2.05, 4.69) is 43.0 Å². The summed E-state index contributed by atoms with van der Waals surface area (Å²) in [6.07, 6.45) is 2.63. The first-order valence-corrected chi connectivity index (χ1v) is 8.47. The maximum atomic E-state index is 8.78. The highest BCUT2D eigenvalue weighted by Crippen LogP contribution is 2.22. The van der Waals surface area contributed by atoms with Crippen LogP contribution >= 0.6 is 11.8 Å². The first-order valence-electron chi connectivity index (χ1n) is 7.08. The van der Waals surface area contributed by atoms with Crippen LogP contribution in [0.1, 0.15) is 24.5 Å². The smallest absolute Gasteiger partial charge is 0.123 e. The van der Waals surface area contributed by atoms with Crippen LogP contribution in [0.5, 0.6) is 5.75 Å². The molecule has 0 saturated heterocycles. The molecule has 4 heteroatoms. The largest absolute Gasteiger partial charge is 0.496 e. The van der Waals surface area contributed by atoms with Gasteiger partial charge >= 0.3 is 0 Å². The van der Waals surface area contributed by atoms with E-state index in [4.69, 9.17) is 9.84 Å². The number of hydrogen-bond donors (Lipinski definition) is 1. The Bertz CT molecular complexity index is 493. The Balaban J connectivity index is 2.88. The Morgan fingerprint density at radius 1 is 1.43 bits per heavy atom. The number of nitrogens with zero attached hydrogens (tertiary/aromatic N) is 1. The lowest BCUT2D eigenvalue weighted by Crippen LogP contribution is -2.30. The number of ether oxygens (including phenoxy) is 1. The molecule has 0 aliphatic rings. The fourth-order valence-corrected chi connectivity index (χ4v) is 2.73. The van der Waals surface area contributed by atoms with Crippen LogP contribution in [0.2, 0.25) is 0 Å². The normalized spacial score (nSPS) is 11.9. The molecule has 116 valence electrons. The van der Waals surface area contributed by atoms with Crippen LogP contribution in [0.3, 0.4) is 0 Å². The minimum absolute atomic E-state index is 0.102. The Kier molecular flexibility index (Phi) is 8.29. The van der Waals surface area contributed by atoms with E-state index in [1.165, 1.54) is 0 Å². The summed E-state index contributed by atoms with van der Waals surface area (Å²) in [6.45, 7) is 3.17. The zero-order valence-corrected chi connectivity index (χ0v) is 14.2. The number of hydrogen-bond acceptors (Lipinski definition) is 4. The van der Waals surface area contributed by atoms with Gasteiger partial charge in [0.2, 0.25) is 0 Å². The lowest BCUT2D eigenvalue weighted by atomic mass is 10.1. The van der Waals surface area contributed by atoms with E-state index in [1.54, 1.807) is 7.11 Å². The SMILES string of the molecule is COc1ccc(C#CCCO)cc1CN(C)C(C)CSC. The molecule has 21 heavy (non-hydrogen) atoms. The molecule has 0 amide bonds. The molecule has 1 unspecified atom stereocenters. The third kappa shape index (κ3) is 6.01. The molecule has 1 rings (SSSR count). The second-order valence-corrected chi connectivity index (χ2v) is 5.93. The predicted octanol–water partition coefficient (Wildman–Crippen LogP) is 2.61. The number of aliphatic hydroxyl groups is 1. The van der Waals surface area contributed by atoms with Crippen molar-refractivity contribution in [2.45, 2.75) is 25.9 Å². The number of aliphatic hydroxyl groups excluding tert-OH is 1. The van der Waals surface area contributed by atoms with Crippen LogP contribution in [0.4, 0.5) is 0 Å². The van der Waals surface area contributed by atoms with Crippen molar-refractivity contribution < 1.29 is 9.84 Å². The molecule has 0 heterocycles. The van der Waals surface area contributed by atoms with E-state index in [9.17, 15) is 0 Å². The van der Waals surface area contributed by atoms with Gasteiger partial charge in [-0.1, -0.05) is 11.8 Å². The molecule has 1 atom stereocenters. The summed E-state index contributed by atoms with van der Waals surface area (Å²) < 4.78 is 5.45. The first kappa shape index (κ1) is 17.9. The van der Waals surface area contributed by atoms with E-state index in [0.29, 0.717) is 12.5 Å². The van der Waals surface area contributed by atoms with Gasteiger partial charge in [0.05, 0.1) is 13.7 Å². The van der Waals surface area contributed by atoms with E-state index in [0.717, 1.165) is 29.2 Å². The number of benzene rings is 1. The molecule has 1 N–H and O–H groups in total. The van der Waals surface area contributed by atoms with Gasteiger partial charge in [0.15, 0.2) is 0 Å². The van der Waals surface area contributed by atoms with Crippen molar-refractivity contribution in [2.24, 2.45) is 0 Å². The molecule has 1 aromatic carbocycles. The average molecular weight is 307 g/mol. The fourth-order valence-electron chi connectivity index (χ4n) is 1.99. The van der Waals surface area contributed by atoms with Crippen molar-refractivity contribution in [2.75, 3.05) is 32.8 Å². The fraction of sp³-hybridized carbons (Fsp3) is 0.529. The van der Waals surface area contributed by atoms with Gasteiger partial charge in [-0.05, 0) is 38.4 Å². The summed E-state index contributed by atoms with van der Waals surface area (Å²) in [5.41, 5.74) is 2.11. The topological polar surface area (TPSA) is 32.7 Å². The van der Waals surface area contributed by atoms with Gasteiger partial charge in [-0.3, -0.25) is 4.90 Å². The van der Waals surface area contributed by atoms with Crippen LogP contribution in [0.15, 0.2) is 18.2 Å². The lowest BCUT2D eigenvalue weighted by Gasteiger charge is -2.25. The van der Waals surface area contributed by atoms with E-state index < -0.39 is 0 Å². The Morgan fingerprint density at radius 3 is 2.81 bits per heavy atom. The van der Waals surface area contributed by atoms with Crippen molar-refractivity contribution in [3.63, 3.8) is 0 Å². The summed E-state index contributed by atoms with van der Waals surface area (Å²) in [5.74, 6) is 8.03. The Labute approximate surface area is 132 Å². The van der Waals surface area contributed by atoms with Crippen LogP contribution < -0.4 is 4.74 Å². The lowest BCUT2D eigenvalue weighted by molar-refractivity contribution is 0.265. The van der Waals surface area contributed by atoms with Gasteiger partial charge in [-0.2, -0.15) is 11.8 Å². The van der Waals surface area contributed by atoms with Crippen molar-refractivity contribution >= 4 is 11.8 Å². The summed E-state index contributed by atoms with van der Waals surface area (Å²) in [5, 5.41) is 8.78. The summed E-state index contributed by atoms with van der Waals surface area (Å²) in [4.78, 5) is 2.32. The third-order valence-corrected chi connectivity index (χ3v) is 4.15. The van der Waals surface area contributed by atoms with Crippen LogP contribution in [0, 0.1) is 11.8 Å². The Morgan fingerprint density at radius 2 is 2.19 bits per heavy atom. The number of thioether (sulfide) groups is 1. The van der Waals surface area contributed by atoms with Gasteiger partial charge in [0.1, 0.15) is 5.75 Å². The third-order valence-electron chi connectivity index (χ3n) is 3.33. The quantitative estimate of drug-likeness (QED) is 0.785. The summed E-state index contributed by atoms with van der Waals surface area (Å²) in [7, 11) is 3.83. The number of rotatable bonds is 7. The average Bonchev–Trinajstić information content (AvgIpc) is 2.48. The van der Waals surface area contributed by atoms with E-state index >= 15 is 0 Å². The zero-order valence-electron chi connectivity index (χ0n) is 13.3. The standard InChI is InChI=1S/C17H25NO2S/c1-14(13-21-4)18(2)12-16-11-15(7-5-6-10-19)8-9-17(16)20-3/h8-9,11,14,19H,6,10,12-13H2,1-4H3. The molecule has 1 aromatic rings. The monoisotopic (exact) mass is 307 g/mol. The molecule has 3 nitrogen and oxygen atoms in total. The van der Waals surface area contributed by atoms with E-state index in [1.807, 2.05) is 23.9 Å². The van der Waals surface area contributed by atoms with Gasteiger partial charge in [-0.25, -0.2) is 0 Å². The molecule has 0 aromatic heterocycles. The highest BCUT2D eigenvalue weighted by atomic mass is 32.2. The van der Waals surface area contributed by atoms with Crippen molar-refractivity contribution in [1.82, 2.24) is 4.90 Å². The predicted molar refractivity (Wildman–Crippen MR) is 90.9 cm³/mol. The summed E-state index contributed by atoms with van der Waals surface area (Å²) >= 11 is 1.86. The molecule has 0 fully saturated rings. The van der Waals surface area contributed by atoms with Crippen molar-refractivity contribution in [3.8, 4) is 17.6 Å². The molecule has 0 aliphatic carbocycles. The highest BCUT2D eigenvalue weighted by Gasteiger charge is 2.12. The van der Waals surface area contributed by atoms with Gasteiger partial charge in [-0.15, -0.1) is 0 Å². The molecule has 0 saturated carbocycles. The minimum atomic E-state index is 0.102. The summed E-state index contributed by atoms with van der Waals surface area (Å²) in [6, 6.07) is 6.50.